The fourth-order valence-electron chi connectivity index (χ4n) is 3.41. The second-order valence-electron chi connectivity index (χ2n) is 5.48. The Morgan fingerprint density at radius 2 is 2.37 bits per heavy atom. The lowest BCUT2D eigenvalue weighted by atomic mass is 10.2. The zero-order valence-electron chi connectivity index (χ0n) is 10.9. The third-order valence-electron chi connectivity index (χ3n) is 4.34. The Morgan fingerprint density at radius 3 is 3.26 bits per heavy atom. The molecule has 0 spiro atoms. The maximum Gasteiger partial charge on any atom is 0.110 e. The molecule has 4 rings (SSSR count). The molecule has 1 atom stereocenters. The summed E-state index contributed by atoms with van der Waals surface area (Å²) in [6, 6.07) is 0.508. The zero-order chi connectivity index (χ0) is 12.7. The van der Waals surface area contributed by atoms with Gasteiger partial charge in [-0.15, -0.1) is 11.3 Å². The van der Waals surface area contributed by atoms with Crippen molar-refractivity contribution in [2.75, 3.05) is 6.54 Å². The summed E-state index contributed by atoms with van der Waals surface area (Å²) in [5.41, 5.74) is 4.14. The van der Waals surface area contributed by atoms with E-state index in [0.717, 1.165) is 6.54 Å². The first-order chi connectivity index (χ1) is 9.42. The molecule has 1 aliphatic carbocycles. The molecule has 1 fully saturated rings. The van der Waals surface area contributed by atoms with Crippen LogP contribution >= 0.6 is 11.3 Å². The summed E-state index contributed by atoms with van der Waals surface area (Å²) in [5, 5.41) is 11.1. The van der Waals surface area contributed by atoms with Crippen molar-refractivity contribution in [1.82, 2.24) is 20.1 Å². The van der Waals surface area contributed by atoms with Crippen LogP contribution in [0.3, 0.4) is 0 Å². The number of rotatable bonds is 3. The predicted molar refractivity (Wildman–Crippen MR) is 75.1 cm³/mol. The fraction of sp³-hybridized carbons (Fsp3) is 0.571. The van der Waals surface area contributed by atoms with Crippen LogP contribution in [0.15, 0.2) is 11.6 Å². The van der Waals surface area contributed by atoms with E-state index >= 15 is 0 Å². The molecule has 1 aliphatic heterocycles. The summed E-state index contributed by atoms with van der Waals surface area (Å²) in [7, 11) is 0. The Bertz CT molecular complexity index is 560. The number of hydrogen-bond acceptors (Lipinski definition) is 4. The minimum absolute atomic E-state index is 0.508. The molecule has 4 nitrogen and oxygen atoms in total. The largest absolute Gasteiger partial charge is 0.288 e. The van der Waals surface area contributed by atoms with Gasteiger partial charge in [0.1, 0.15) is 5.01 Å². The second-order valence-corrected chi connectivity index (χ2v) is 6.41. The van der Waals surface area contributed by atoms with Gasteiger partial charge in [-0.1, -0.05) is 0 Å². The summed E-state index contributed by atoms with van der Waals surface area (Å²) in [4.78, 5) is 7.05. The van der Waals surface area contributed by atoms with Crippen LogP contribution in [0, 0.1) is 0 Å². The van der Waals surface area contributed by atoms with Gasteiger partial charge in [0.25, 0.3) is 0 Å². The van der Waals surface area contributed by atoms with Crippen LogP contribution in [0.5, 0.6) is 0 Å². The minimum Gasteiger partial charge on any atom is -0.288 e. The van der Waals surface area contributed by atoms with Crippen molar-refractivity contribution in [2.24, 2.45) is 0 Å². The molecule has 1 saturated heterocycles. The Balaban J connectivity index is 1.55. The lowest BCUT2D eigenvalue weighted by Crippen LogP contribution is -2.23. The van der Waals surface area contributed by atoms with Crippen molar-refractivity contribution < 1.29 is 0 Å². The monoisotopic (exact) mass is 274 g/mol. The van der Waals surface area contributed by atoms with Crippen LogP contribution < -0.4 is 0 Å². The van der Waals surface area contributed by atoms with Gasteiger partial charge in [0.2, 0.25) is 0 Å². The summed E-state index contributed by atoms with van der Waals surface area (Å²) < 4.78 is 0. The maximum atomic E-state index is 4.53. The van der Waals surface area contributed by atoms with Crippen molar-refractivity contribution in [3.05, 3.63) is 33.5 Å². The first-order valence-electron chi connectivity index (χ1n) is 7.10. The molecule has 0 amide bonds. The molecular weight excluding hydrogens is 256 g/mol. The number of hydrogen-bond donors (Lipinski definition) is 1. The average molecular weight is 274 g/mol. The van der Waals surface area contributed by atoms with Crippen LogP contribution in [0.4, 0.5) is 0 Å². The van der Waals surface area contributed by atoms with E-state index in [1.807, 2.05) is 6.20 Å². The van der Waals surface area contributed by atoms with Gasteiger partial charge >= 0.3 is 0 Å². The summed E-state index contributed by atoms with van der Waals surface area (Å²) in [6.07, 6.45) is 8.10. The van der Waals surface area contributed by atoms with Gasteiger partial charge < -0.3 is 0 Å². The lowest BCUT2D eigenvalue weighted by Gasteiger charge is -2.22. The normalized spacial score (nSPS) is 23.1. The Morgan fingerprint density at radius 1 is 1.37 bits per heavy atom. The molecule has 2 aliphatic rings. The van der Waals surface area contributed by atoms with Crippen molar-refractivity contribution in [3.63, 3.8) is 0 Å². The number of aryl methyl sites for hydroxylation is 1. The maximum absolute atomic E-state index is 4.53. The van der Waals surface area contributed by atoms with E-state index in [-0.39, 0.29) is 0 Å². The van der Waals surface area contributed by atoms with Gasteiger partial charge in [-0.05, 0) is 44.2 Å². The summed E-state index contributed by atoms with van der Waals surface area (Å²) >= 11 is 1.78. The highest BCUT2D eigenvalue weighted by Crippen LogP contribution is 2.35. The van der Waals surface area contributed by atoms with Crippen molar-refractivity contribution in [3.8, 4) is 0 Å². The summed E-state index contributed by atoms with van der Waals surface area (Å²) in [6.45, 7) is 2.15. The van der Waals surface area contributed by atoms with E-state index in [2.05, 4.69) is 25.5 Å². The van der Waals surface area contributed by atoms with E-state index in [9.17, 15) is 0 Å². The van der Waals surface area contributed by atoms with E-state index in [0.29, 0.717) is 6.04 Å². The van der Waals surface area contributed by atoms with Crippen LogP contribution in [0.2, 0.25) is 0 Å². The number of aromatic amines is 1. The van der Waals surface area contributed by atoms with Crippen LogP contribution in [-0.4, -0.2) is 26.6 Å². The van der Waals surface area contributed by atoms with E-state index in [1.165, 1.54) is 60.6 Å². The van der Waals surface area contributed by atoms with Gasteiger partial charge in [-0.25, -0.2) is 4.98 Å². The number of likely N-dealkylation sites (tertiary alicyclic amines) is 1. The SMILES string of the molecule is c1csc(C2CCCN2Cc2n[nH]c3c2CCC3)n1. The fourth-order valence-corrected chi connectivity index (χ4v) is 4.21. The van der Waals surface area contributed by atoms with E-state index in [4.69, 9.17) is 0 Å². The lowest BCUT2D eigenvalue weighted by molar-refractivity contribution is 0.244. The molecule has 100 valence electrons. The second kappa shape index (κ2) is 4.72. The van der Waals surface area contributed by atoms with Gasteiger partial charge in [0.05, 0.1) is 11.7 Å². The van der Waals surface area contributed by atoms with Crippen molar-refractivity contribution >= 4 is 11.3 Å². The molecule has 1 unspecified atom stereocenters. The quantitative estimate of drug-likeness (QED) is 0.936. The smallest absolute Gasteiger partial charge is 0.110 e. The first kappa shape index (κ1) is 11.6. The highest BCUT2D eigenvalue weighted by Gasteiger charge is 2.29. The molecule has 19 heavy (non-hydrogen) atoms. The number of H-pyrrole nitrogens is 1. The first-order valence-corrected chi connectivity index (χ1v) is 7.98. The van der Waals surface area contributed by atoms with Crippen LogP contribution in [0.25, 0.3) is 0 Å². The van der Waals surface area contributed by atoms with Gasteiger partial charge in [-0.3, -0.25) is 10.00 Å². The topological polar surface area (TPSA) is 44.8 Å². The number of fused-ring (bicyclic) bond motifs is 1. The van der Waals surface area contributed by atoms with E-state index < -0.39 is 0 Å². The number of thiazole rings is 1. The third kappa shape index (κ3) is 2.01. The molecule has 0 radical (unpaired) electrons. The van der Waals surface area contributed by atoms with Crippen molar-refractivity contribution in [2.45, 2.75) is 44.7 Å². The molecule has 5 heteroatoms. The van der Waals surface area contributed by atoms with Gasteiger partial charge in [0.15, 0.2) is 0 Å². The molecule has 2 aromatic heterocycles. The molecule has 2 aromatic rings. The zero-order valence-corrected chi connectivity index (χ0v) is 11.7. The minimum atomic E-state index is 0.508. The highest BCUT2D eigenvalue weighted by atomic mass is 32.1. The van der Waals surface area contributed by atoms with E-state index in [1.54, 1.807) is 11.3 Å². The van der Waals surface area contributed by atoms with Crippen molar-refractivity contribution in [1.29, 1.82) is 0 Å². The molecular formula is C14H18N4S. The summed E-state index contributed by atoms with van der Waals surface area (Å²) in [5.74, 6) is 0. The Hall–Kier alpha value is -1.20. The standard InChI is InChI=1S/C14H18N4S/c1-3-10-11(4-1)16-17-12(10)9-18-7-2-5-13(18)14-15-6-8-19-14/h6,8,13H,1-5,7,9H2,(H,16,17). The molecule has 0 aromatic carbocycles. The molecule has 1 N–H and O–H groups in total. The van der Waals surface area contributed by atoms with Crippen LogP contribution in [-0.2, 0) is 19.4 Å². The average Bonchev–Trinajstić information content (AvgIpc) is 3.15. The number of nitrogens with zero attached hydrogens (tertiary/aromatic N) is 3. The number of aromatic nitrogens is 3. The van der Waals surface area contributed by atoms with Gasteiger partial charge in [-0.2, -0.15) is 5.10 Å². The highest BCUT2D eigenvalue weighted by molar-refractivity contribution is 7.09. The number of nitrogens with one attached hydrogen (secondary N) is 1. The molecule has 0 bridgehead atoms. The van der Waals surface area contributed by atoms with Gasteiger partial charge in [0, 0.05) is 23.8 Å². The third-order valence-corrected chi connectivity index (χ3v) is 5.22. The Labute approximate surface area is 116 Å². The molecule has 0 saturated carbocycles. The molecule has 3 heterocycles. The Kier molecular flexibility index (Phi) is 2.89. The predicted octanol–water partition coefficient (Wildman–Crippen LogP) is 2.69. The van der Waals surface area contributed by atoms with Crippen LogP contribution in [0.1, 0.15) is 47.3 Å².